The van der Waals surface area contributed by atoms with Crippen LogP contribution in [-0.2, 0) is 13.6 Å². The molecular formula is C33H29NO4PS2-. The lowest BCUT2D eigenvalue weighted by molar-refractivity contribution is 0.314. The van der Waals surface area contributed by atoms with Crippen LogP contribution in [0, 0.1) is 26.0 Å². The van der Waals surface area contributed by atoms with Crippen molar-refractivity contribution in [3.63, 3.8) is 0 Å². The molecule has 0 bridgehead atoms. The van der Waals surface area contributed by atoms with Gasteiger partial charge in [-0.2, -0.15) is 0 Å². The van der Waals surface area contributed by atoms with E-state index in [1.165, 1.54) is 0 Å². The van der Waals surface area contributed by atoms with Gasteiger partial charge in [0.1, 0.15) is 11.5 Å². The molecular weight excluding hydrogens is 569 g/mol. The van der Waals surface area contributed by atoms with E-state index < -0.39 is 7.75 Å². The lowest BCUT2D eigenvalue weighted by atomic mass is 10.0. The monoisotopic (exact) mass is 598 g/mol. The minimum absolute atomic E-state index is 0.160. The number of hydroxylamine groups is 1. The number of hydrogen-bond donors (Lipinski definition) is 1. The summed E-state index contributed by atoms with van der Waals surface area (Å²) in [5.74, 6) is 0.449. The first-order valence-electron chi connectivity index (χ1n) is 12.9. The highest BCUT2D eigenvalue weighted by molar-refractivity contribution is 7.99. The van der Waals surface area contributed by atoms with E-state index in [0.29, 0.717) is 16.0 Å². The number of hydrogen-bond acceptors (Lipinski definition) is 6. The summed E-state index contributed by atoms with van der Waals surface area (Å²) in [5, 5.41) is 13.3. The van der Waals surface area contributed by atoms with Gasteiger partial charge in [0.2, 0.25) is 0 Å². The first-order valence-corrected chi connectivity index (χ1v) is 15.7. The predicted molar refractivity (Wildman–Crippen MR) is 172 cm³/mol. The number of nitrogens with zero attached hydrogens (tertiary/aromatic N) is 1. The highest BCUT2D eigenvalue weighted by atomic mass is 32.2. The maximum atomic E-state index is 14.6. The molecule has 1 unspecified atom stereocenters. The molecule has 4 aromatic rings. The Kier molecular flexibility index (Phi) is 8.52. The van der Waals surface area contributed by atoms with Crippen LogP contribution in [-0.4, -0.2) is 4.83 Å². The Morgan fingerprint density at radius 1 is 0.927 bits per heavy atom. The number of aryl methyl sites for hydroxylation is 3. The standard InChI is InChI=1S/C33H29NO4PS2/c1-5-34(35)39(36,37-29(20-25-15-7-6-12-22(25)2)27-17-10-13-23(3)32(27)40)38-30-21-26-16-8-9-19-31(26)41-33-24(4)14-11-18-28(30)33/h5-21,40H,1H2,2-4H3/q-1/b29-20+. The topological polar surface area (TPSA) is 61.8 Å². The molecule has 0 N–H and O–H groups in total. The van der Waals surface area contributed by atoms with E-state index in [-0.39, 0.29) is 16.4 Å². The van der Waals surface area contributed by atoms with Gasteiger partial charge in [-0.1, -0.05) is 97.2 Å². The Hall–Kier alpha value is -3.61. The molecule has 208 valence electrons. The number of thiol groups is 1. The molecule has 4 aromatic carbocycles. The quantitative estimate of drug-likeness (QED) is 0.0716. The van der Waals surface area contributed by atoms with Crippen molar-refractivity contribution in [3.8, 4) is 0 Å². The van der Waals surface area contributed by atoms with Crippen LogP contribution < -0.4 is 0 Å². The van der Waals surface area contributed by atoms with Crippen LogP contribution in [0.3, 0.4) is 0 Å². The molecule has 5 rings (SSSR count). The van der Waals surface area contributed by atoms with Gasteiger partial charge in [0, 0.05) is 25.8 Å². The Morgan fingerprint density at radius 3 is 2.39 bits per heavy atom. The van der Waals surface area contributed by atoms with Crippen molar-refractivity contribution in [2.75, 3.05) is 0 Å². The number of benzene rings is 4. The molecule has 0 spiro atoms. The third-order valence-corrected chi connectivity index (χ3v) is 10.1. The minimum Gasteiger partial charge on any atom is -0.749 e. The Bertz CT molecular complexity index is 1750. The molecule has 0 fully saturated rings. The van der Waals surface area contributed by atoms with Crippen LogP contribution in [0.25, 0.3) is 23.7 Å². The SMILES string of the molecule is C=CN([O-])P(=O)(OC1=Cc2ccccc2Sc2c(C)cccc21)O/C(=C/c1ccccc1C)c1cccc(C)c1S. The van der Waals surface area contributed by atoms with Crippen molar-refractivity contribution in [3.05, 3.63) is 142 Å². The zero-order valence-corrected chi connectivity index (χ0v) is 25.5. The van der Waals surface area contributed by atoms with Gasteiger partial charge in [0.05, 0.1) is 0 Å². The van der Waals surface area contributed by atoms with Crippen LogP contribution in [0.15, 0.2) is 112 Å². The van der Waals surface area contributed by atoms with Crippen molar-refractivity contribution >= 4 is 55.8 Å². The molecule has 0 radical (unpaired) electrons. The summed E-state index contributed by atoms with van der Waals surface area (Å²) >= 11 is 6.31. The smallest absolute Gasteiger partial charge is 0.533 e. The first-order chi connectivity index (χ1) is 19.7. The van der Waals surface area contributed by atoms with E-state index in [0.717, 1.165) is 43.8 Å². The fraction of sp³-hybridized carbons (Fsp3) is 0.0909. The van der Waals surface area contributed by atoms with E-state index in [4.69, 9.17) is 21.7 Å². The first kappa shape index (κ1) is 28.9. The lowest BCUT2D eigenvalue weighted by Gasteiger charge is -2.34. The Morgan fingerprint density at radius 2 is 1.61 bits per heavy atom. The molecule has 0 saturated heterocycles. The van der Waals surface area contributed by atoms with Crippen LogP contribution in [0.5, 0.6) is 0 Å². The van der Waals surface area contributed by atoms with Gasteiger partial charge in [0.15, 0.2) is 0 Å². The summed E-state index contributed by atoms with van der Waals surface area (Å²) in [6.07, 6.45) is 4.45. The Balaban J connectivity index is 1.67. The predicted octanol–water partition coefficient (Wildman–Crippen LogP) is 10.1. The number of rotatable bonds is 8. The van der Waals surface area contributed by atoms with Gasteiger partial charge >= 0.3 is 7.75 Å². The molecule has 1 aliphatic rings. The van der Waals surface area contributed by atoms with E-state index >= 15 is 0 Å². The lowest BCUT2D eigenvalue weighted by Crippen LogP contribution is -2.11. The zero-order chi connectivity index (χ0) is 29.1. The Labute approximate surface area is 250 Å². The fourth-order valence-electron chi connectivity index (χ4n) is 4.43. The van der Waals surface area contributed by atoms with Gasteiger partial charge in [-0.3, -0.25) is 0 Å². The molecule has 0 saturated carbocycles. The van der Waals surface area contributed by atoms with E-state index in [2.05, 4.69) is 6.58 Å². The zero-order valence-electron chi connectivity index (χ0n) is 22.9. The third kappa shape index (κ3) is 6.04. The van der Waals surface area contributed by atoms with Gasteiger partial charge in [0.25, 0.3) is 0 Å². The average Bonchev–Trinajstić information content (AvgIpc) is 3.12. The summed E-state index contributed by atoms with van der Waals surface area (Å²) in [6, 6.07) is 27.0. The molecule has 0 aliphatic carbocycles. The van der Waals surface area contributed by atoms with Crippen LogP contribution in [0.1, 0.15) is 38.9 Å². The maximum Gasteiger partial charge on any atom is 0.533 e. The highest BCUT2D eigenvalue weighted by Gasteiger charge is 2.34. The molecule has 1 atom stereocenters. The summed E-state index contributed by atoms with van der Waals surface area (Å²) in [6.45, 7) is 9.45. The third-order valence-electron chi connectivity index (χ3n) is 6.70. The fourth-order valence-corrected chi connectivity index (χ4v) is 7.00. The average molecular weight is 599 g/mol. The molecule has 0 amide bonds. The summed E-state index contributed by atoms with van der Waals surface area (Å²) < 4.78 is 27.0. The summed E-state index contributed by atoms with van der Waals surface area (Å²) in [5.41, 5.74) is 5.89. The van der Waals surface area contributed by atoms with E-state index in [1.54, 1.807) is 23.9 Å². The molecule has 41 heavy (non-hydrogen) atoms. The summed E-state index contributed by atoms with van der Waals surface area (Å²) in [7, 11) is -4.61. The van der Waals surface area contributed by atoms with Crippen molar-refractivity contribution in [1.29, 1.82) is 0 Å². The van der Waals surface area contributed by atoms with Crippen LogP contribution >= 0.6 is 32.1 Å². The van der Waals surface area contributed by atoms with Crippen molar-refractivity contribution < 1.29 is 13.6 Å². The molecule has 8 heteroatoms. The van der Waals surface area contributed by atoms with Crippen LogP contribution in [0.2, 0.25) is 0 Å². The van der Waals surface area contributed by atoms with Crippen LogP contribution in [0.4, 0.5) is 0 Å². The maximum absolute atomic E-state index is 14.6. The second-order valence-electron chi connectivity index (χ2n) is 9.57. The van der Waals surface area contributed by atoms with Crippen molar-refractivity contribution in [2.45, 2.75) is 35.5 Å². The normalized spacial score (nSPS) is 14.1. The van der Waals surface area contributed by atoms with Crippen molar-refractivity contribution in [2.24, 2.45) is 0 Å². The van der Waals surface area contributed by atoms with Crippen molar-refractivity contribution in [1.82, 2.24) is 4.83 Å². The van der Waals surface area contributed by atoms with Gasteiger partial charge in [-0.05, 0) is 73.0 Å². The van der Waals surface area contributed by atoms with E-state index in [9.17, 15) is 9.77 Å². The summed E-state index contributed by atoms with van der Waals surface area (Å²) in [4.78, 5) is 2.75. The van der Waals surface area contributed by atoms with Gasteiger partial charge < -0.3 is 19.1 Å². The van der Waals surface area contributed by atoms with Gasteiger partial charge in [-0.15, -0.1) is 12.6 Å². The molecule has 1 aliphatic heterocycles. The molecule has 1 heterocycles. The molecule has 0 aromatic heterocycles. The van der Waals surface area contributed by atoms with E-state index in [1.807, 2.05) is 106 Å². The minimum atomic E-state index is -4.61. The molecule has 5 nitrogen and oxygen atoms in total. The second-order valence-corrected chi connectivity index (χ2v) is 12.8. The van der Waals surface area contributed by atoms with Gasteiger partial charge in [-0.25, -0.2) is 4.57 Å². The second kappa shape index (κ2) is 12.1. The highest BCUT2D eigenvalue weighted by Crippen LogP contribution is 2.59. The largest absolute Gasteiger partial charge is 0.749 e. The number of fused-ring (bicyclic) bond motifs is 2.